The number of H-pyrrole nitrogens is 1. The number of hydrogen-bond donors (Lipinski definition) is 5. The summed E-state index contributed by atoms with van der Waals surface area (Å²) in [6.07, 6.45) is 0.938. The SMILES string of the molecule is CCC(CNc1nc(CC(=O)NCCON=C(N)N)c(C)[nH]c1=O)c1ccccc1. The van der Waals surface area contributed by atoms with Gasteiger partial charge in [-0.05, 0) is 24.1 Å². The van der Waals surface area contributed by atoms with E-state index < -0.39 is 0 Å². The molecule has 10 heteroatoms. The van der Waals surface area contributed by atoms with Crippen molar-refractivity contribution in [2.75, 3.05) is 25.0 Å². The van der Waals surface area contributed by atoms with E-state index >= 15 is 0 Å². The fourth-order valence-electron chi connectivity index (χ4n) is 2.88. The highest BCUT2D eigenvalue weighted by molar-refractivity contribution is 5.78. The Morgan fingerprint density at radius 1 is 1.30 bits per heavy atom. The zero-order valence-corrected chi connectivity index (χ0v) is 17.3. The molecular weight excluding hydrogens is 386 g/mol. The van der Waals surface area contributed by atoms with Gasteiger partial charge in [0.15, 0.2) is 5.82 Å². The van der Waals surface area contributed by atoms with Gasteiger partial charge in [-0.15, -0.1) is 0 Å². The Kier molecular flexibility index (Phi) is 8.67. The van der Waals surface area contributed by atoms with E-state index in [0.29, 0.717) is 17.9 Å². The van der Waals surface area contributed by atoms with Gasteiger partial charge in [0, 0.05) is 18.2 Å². The second-order valence-corrected chi connectivity index (χ2v) is 6.76. The fraction of sp³-hybridized carbons (Fsp3) is 0.400. The van der Waals surface area contributed by atoms with Crippen LogP contribution in [0.4, 0.5) is 5.82 Å². The summed E-state index contributed by atoms with van der Waals surface area (Å²) in [7, 11) is 0. The Bertz CT molecular complexity index is 908. The van der Waals surface area contributed by atoms with Crippen molar-refractivity contribution in [2.24, 2.45) is 16.6 Å². The number of carbonyl (C=O) groups is 1. The smallest absolute Gasteiger partial charge is 0.290 e. The lowest BCUT2D eigenvalue weighted by molar-refractivity contribution is -0.120. The molecule has 0 aliphatic carbocycles. The number of rotatable bonds is 11. The number of benzene rings is 1. The minimum atomic E-state index is -0.315. The molecule has 162 valence electrons. The van der Waals surface area contributed by atoms with Gasteiger partial charge in [0.2, 0.25) is 11.9 Å². The minimum absolute atomic E-state index is 0.0233. The summed E-state index contributed by atoms with van der Waals surface area (Å²) in [4.78, 5) is 36.4. The largest absolute Gasteiger partial charge is 0.391 e. The van der Waals surface area contributed by atoms with Gasteiger partial charge >= 0.3 is 0 Å². The third kappa shape index (κ3) is 7.12. The van der Waals surface area contributed by atoms with Crippen LogP contribution in [0.15, 0.2) is 40.3 Å². The number of nitrogens with zero attached hydrogens (tertiary/aromatic N) is 2. The van der Waals surface area contributed by atoms with Gasteiger partial charge in [-0.2, -0.15) is 0 Å². The monoisotopic (exact) mass is 415 g/mol. The summed E-state index contributed by atoms with van der Waals surface area (Å²) in [5, 5.41) is 9.17. The Morgan fingerprint density at radius 3 is 2.70 bits per heavy atom. The van der Waals surface area contributed by atoms with Crippen LogP contribution in [-0.4, -0.2) is 41.5 Å². The molecule has 1 unspecified atom stereocenters. The second-order valence-electron chi connectivity index (χ2n) is 6.76. The first-order chi connectivity index (χ1) is 14.4. The maximum atomic E-state index is 12.3. The molecule has 30 heavy (non-hydrogen) atoms. The summed E-state index contributed by atoms with van der Waals surface area (Å²) in [6.45, 7) is 4.73. The molecule has 0 saturated carbocycles. The van der Waals surface area contributed by atoms with Crippen LogP contribution in [0.1, 0.15) is 36.2 Å². The molecule has 1 heterocycles. The Balaban J connectivity index is 1.97. The minimum Gasteiger partial charge on any atom is -0.391 e. The zero-order valence-electron chi connectivity index (χ0n) is 17.3. The lowest BCUT2D eigenvalue weighted by atomic mass is 9.96. The Labute approximate surface area is 175 Å². The number of oxime groups is 1. The second kappa shape index (κ2) is 11.4. The first-order valence-electron chi connectivity index (χ1n) is 9.76. The molecule has 1 aromatic carbocycles. The average molecular weight is 415 g/mol. The number of aromatic amines is 1. The van der Waals surface area contributed by atoms with E-state index in [2.05, 4.69) is 44.8 Å². The van der Waals surface area contributed by atoms with Gasteiger partial charge in [0.25, 0.3) is 5.56 Å². The first-order valence-corrected chi connectivity index (χ1v) is 9.76. The predicted molar refractivity (Wildman–Crippen MR) is 116 cm³/mol. The number of amides is 1. The predicted octanol–water partition coefficient (Wildman–Crippen LogP) is 0.548. The number of nitrogens with two attached hydrogens (primary N) is 2. The summed E-state index contributed by atoms with van der Waals surface area (Å²) < 4.78 is 0. The lowest BCUT2D eigenvalue weighted by Gasteiger charge is -2.17. The number of carbonyl (C=O) groups excluding carboxylic acids is 1. The highest BCUT2D eigenvalue weighted by atomic mass is 16.6. The zero-order chi connectivity index (χ0) is 21.9. The van der Waals surface area contributed by atoms with E-state index in [9.17, 15) is 9.59 Å². The van der Waals surface area contributed by atoms with E-state index in [1.807, 2.05) is 18.2 Å². The van der Waals surface area contributed by atoms with E-state index in [1.54, 1.807) is 6.92 Å². The van der Waals surface area contributed by atoms with Crippen LogP contribution in [0.5, 0.6) is 0 Å². The third-order valence-corrected chi connectivity index (χ3v) is 4.49. The molecule has 0 saturated heterocycles. The summed E-state index contributed by atoms with van der Waals surface area (Å²) in [5.74, 6) is -0.000780. The molecule has 2 aromatic rings. The summed E-state index contributed by atoms with van der Waals surface area (Å²) in [5.41, 5.74) is 12.2. The maximum Gasteiger partial charge on any atom is 0.290 e. The van der Waals surface area contributed by atoms with Crippen LogP contribution in [0.3, 0.4) is 0 Å². The standard InChI is InChI=1S/C20H29N7O3/c1-3-14(15-7-5-4-6-8-15)12-24-18-19(29)25-13(2)16(26-18)11-17(28)23-9-10-30-27-20(21)22/h4-8,14H,3,9-12H2,1-2H3,(H,23,28)(H,24,26)(H,25,29)(H4,21,22,27). The molecule has 1 atom stereocenters. The van der Waals surface area contributed by atoms with Crippen LogP contribution >= 0.6 is 0 Å². The highest BCUT2D eigenvalue weighted by Crippen LogP contribution is 2.19. The molecule has 0 bridgehead atoms. The van der Waals surface area contributed by atoms with Crippen molar-refractivity contribution in [1.82, 2.24) is 15.3 Å². The van der Waals surface area contributed by atoms with Crippen LogP contribution in [0.2, 0.25) is 0 Å². The van der Waals surface area contributed by atoms with Crippen molar-refractivity contribution in [3.63, 3.8) is 0 Å². The van der Waals surface area contributed by atoms with E-state index in [-0.39, 0.29) is 48.7 Å². The first kappa shape index (κ1) is 22.7. The molecule has 0 radical (unpaired) electrons. The normalized spacial score (nSPS) is 11.4. The third-order valence-electron chi connectivity index (χ3n) is 4.49. The highest BCUT2D eigenvalue weighted by Gasteiger charge is 2.14. The van der Waals surface area contributed by atoms with Crippen molar-refractivity contribution < 1.29 is 9.63 Å². The van der Waals surface area contributed by atoms with E-state index in [1.165, 1.54) is 5.56 Å². The molecule has 7 N–H and O–H groups in total. The number of aromatic nitrogens is 2. The Hall–Kier alpha value is -3.56. The van der Waals surface area contributed by atoms with Crippen molar-refractivity contribution >= 4 is 17.7 Å². The van der Waals surface area contributed by atoms with Crippen LogP contribution < -0.4 is 27.7 Å². The van der Waals surface area contributed by atoms with Crippen LogP contribution in [0.25, 0.3) is 0 Å². The van der Waals surface area contributed by atoms with Crippen LogP contribution in [-0.2, 0) is 16.1 Å². The lowest BCUT2D eigenvalue weighted by Crippen LogP contribution is -2.30. The van der Waals surface area contributed by atoms with E-state index in [4.69, 9.17) is 16.3 Å². The van der Waals surface area contributed by atoms with Crippen molar-refractivity contribution in [3.8, 4) is 0 Å². The molecule has 0 spiro atoms. The van der Waals surface area contributed by atoms with Gasteiger partial charge in [0.05, 0.1) is 18.7 Å². The molecule has 10 nitrogen and oxygen atoms in total. The maximum absolute atomic E-state index is 12.3. The van der Waals surface area contributed by atoms with E-state index in [0.717, 1.165) is 6.42 Å². The molecular formula is C20H29N7O3. The van der Waals surface area contributed by atoms with Gasteiger partial charge in [-0.25, -0.2) is 4.98 Å². The number of nitrogens with one attached hydrogen (secondary N) is 3. The number of hydrogen-bond acceptors (Lipinski definition) is 6. The fourth-order valence-corrected chi connectivity index (χ4v) is 2.88. The quantitative estimate of drug-likeness (QED) is 0.155. The molecule has 1 amide bonds. The van der Waals surface area contributed by atoms with Gasteiger partial charge in [-0.3, -0.25) is 9.59 Å². The topological polar surface area (TPSA) is 161 Å². The average Bonchev–Trinajstić information content (AvgIpc) is 2.71. The van der Waals surface area contributed by atoms with Crippen molar-refractivity contribution in [2.45, 2.75) is 32.6 Å². The van der Waals surface area contributed by atoms with Crippen molar-refractivity contribution in [1.29, 1.82) is 0 Å². The van der Waals surface area contributed by atoms with Crippen LogP contribution in [0, 0.1) is 6.92 Å². The molecule has 0 aliphatic rings. The molecule has 1 aromatic heterocycles. The van der Waals surface area contributed by atoms with Gasteiger partial charge < -0.3 is 31.9 Å². The van der Waals surface area contributed by atoms with Crippen molar-refractivity contribution in [3.05, 3.63) is 57.6 Å². The summed E-state index contributed by atoms with van der Waals surface area (Å²) >= 11 is 0. The van der Waals surface area contributed by atoms with Gasteiger partial charge in [-0.1, -0.05) is 37.3 Å². The number of guanidine groups is 1. The Morgan fingerprint density at radius 2 is 2.03 bits per heavy atom. The summed E-state index contributed by atoms with van der Waals surface area (Å²) in [6, 6.07) is 10.1. The molecule has 0 fully saturated rings. The number of anilines is 1. The number of aryl methyl sites for hydroxylation is 1. The molecule has 0 aliphatic heterocycles. The van der Waals surface area contributed by atoms with Gasteiger partial charge in [0.1, 0.15) is 6.61 Å². The molecule has 2 rings (SSSR count).